The first-order valence-corrected chi connectivity index (χ1v) is 10.2. The van der Waals surface area contributed by atoms with Crippen LogP contribution in [0.25, 0.3) is 31.8 Å². The Balaban J connectivity index is 1.53. The number of amides is 1. The molecule has 4 nitrogen and oxygen atoms in total. The van der Waals surface area contributed by atoms with E-state index in [1.807, 2.05) is 66.7 Å². The summed E-state index contributed by atoms with van der Waals surface area (Å²) in [4.78, 5) is 17.5. The van der Waals surface area contributed by atoms with Crippen LogP contribution in [0, 0.1) is 0 Å². The lowest BCUT2D eigenvalue weighted by molar-refractivity contribution is 0.0999. The lowest BCUT2D eigenvalue weighted by atomic mass is 10.2. The maximum atomic E-state index is 12.8. The van der Waals surface area contributed by atoms with Crippen LogP contribution in [0.4, 0.5) is 5.69 Å². The molecule has 1 amide bonds. The molecule has 0 aliphatic carbocycles. The average molecular weight is 449 g/mol. The number of halogens is 1. The van der Waals surface area contributed by atoms with Crippen molar-refractivity contribution in [1.29, 1.82) is 0 Å². The summed E-state index contributed by atoms with van der Waals surface area (Å²) in [6.07, 6.45) is 0. The van der Waals surface area contributed by atoms with Crippen molar-refractivity contribution >= 4 is 60.0 Å². The summed E-state index contributed by atoms with van der Waals surface area (Å²) in [6.45, 7) is 0. The summed E-state index contributed by atoms with van der Waals surface area (Å²) in [7, 11) is 0. The zero-order valence-corrected chi connectivity index (χ0v) is 16.9. The molecule has 0 aliphatic heterocycles. The second-order valence-electron chi connectivity index (χ2n) is 6.28. The van der Waals surface area contributed by atoms with Crippen molar-refractivity contribution in [2.45, 2.75) is 0 Å². The lowest BCUT2D eigenvalue weighted by Gasteiger charge is -2.09. The average Bonchev–Trinajstić information content (AvgIpc) is 3.33. The second kappa shape index (κ2) is 6.89. The number of carbonyl (C=O) groups is 1. The van der Waals surface area contributed by atoms with Crippen LogP contribution in [-0.2, 0) is 0 Å². The minimum absolute atomic E-state index is 0.277. The van der Waals surface area contributed by atoms with Crippen LogP contribution >= 0.6 is 27.3 Å². The van der Waals surface area contributed by atoms with E-state index in [9.17, 15) is 4.79 Å². The second-order valence-corrected chi connectivity index (χ2v) is 8.23. The third-order valence-electron chi connectivity index (χ3n) is 4.40. The molecule has 5 aromatic rings. The largest absolute Gasteiger partial charge is 0.451 e. The molecule has 0 bridgehead atoms. The van der Waals surface area contributed by atoms with Gasteiger partial charge in [-0.2, -0.15) is 0 Å². The third kappa shape index (κ3) is 3.10. The number of para-hydroxylation sites is 2. The lowest BCUT2D eigenvalue weighted by Crippen LogP contribution is -2.11. The van der Waals surface area contributed by atoms with Crippen LogP contribution < -0.4 is 5.32 Å². The van der Waals surface area contributed by atoms with Gasteiger partial charge in [-0.15, -0.1) is 11.3 Å². The van der Waals surface area contributed by atoms with E-state index < -0.39 is 0 Å². The van der Waals surface area contributed by atoms with Crippen LogP contribution in [-0.4, -0.2) is 10.9 Å². The van der Waals surface area contributed by atoms with Gasteiger partial charge in [0, 0.05) is 15.4 Å². The molecule has 1 N–H and O–H groups in total. The van der Waals surface area contributed by atoms with Gasteiger partial charge in [-0.05, 0) is 42.5 Å². The topological polar surface area (TPSA) is 55.1 Å². The van der Waals surface area contributed by atoms with Gasteiger partial charge in [0.05, 0.1) is 15.9 Å². The zero-order valence-electron chi connectivity index (χ0n) is 14.5. The van der Waals surface area contributed by atoms with Crippen molar-refractivity contribution in [2.75, 3.05) is 5.32 Å². The number of anilines is 1. The van der Waals surface area contributed by atoms with Crippen molar-refractivity contribution in [3.8, 4) is 10.6 Å². The summed E-state index contributed by atoms with van der Waals surface area (Å²) in [5, 5.41) is 4.72. The smallest absolute Gasteiger partial charge is 0.291 e. The molecule has 5 rings (SSSR count). The predicted octanol–water partition coefficient (Wildman–Crippen LogP) is 6.72. The fourth-order valence-electron chi connectivity index (χ4n) is 3.07. The Morgan fingerprint density at radius 1 is 1.00 bits per heavy atom. The number of aromatic nitrogens is 1. The van der Waals surface area contributed by atoms with Gasteiger partial charge in [0.15, 0.2) is 5.76 Å². The molecule has 0 atom stereocenters. The molecule has 2 aromatic heterocycles. The van der Waals surface area contributed by atoms with Gasteiger partial charge in [0.2, 0.25) is 0 Å². The molecule has 2 heterocycles. The molecular formula is C22H13BrN2O2S. The van der Waals surface area contributed by atoms with E-state index >= 15 is 0 Å². The molecule has 0 aliphatic rings. The van der Waals surface area contributed by atoms with Gasteiger partial charge in [0.25, 0.3) is 5.91 Å². The summed E-state index contributed by atoms with van der Waals surface area (Å²) in [6, 6.07) is 23.0. The number of furan rings is 1. The first-order valence-electron chi connectivity index (χ1n) is 8.63. The van der Waals surface area contributed by atoms with E-state index in [0.717, 1.165) is 30.6 Å². The number of carbonyl (C=O) groups excluding carboxylic acids is 1. The van der Waals surface area contributed by atoms with E-state index in [0.29, 0.717) is 11.3 Å². The molecule has 3 aromatic carbocycles. The number of hydrogen-bond donors (Lipinski definition) is 1. The molecule has 28 heavy (non-hydrogen) atoms. The normalized spacial score (nSPS) is 11.2. The van der Waals surface area contributed by atoms with Crippen LogP contribution in [0.1, 0.15) is 10.6 Å². The molecule has 0 unspecified atom stereocenters. The molecule has 6 heteroatoms. The molecule has 0 fully saturated rings. The van der Waals surface area contributed by atoms with Crippen LogP contribution in [0.2, 0.25) is 0 Å². The number of fused-ring (bicyclic) bond motifs is 2. The maximum Gasteiger partial charge on any atom is 0.291 e. The van der Waals surface area contributed by atoms with Gasteiger partial charge in [-0.1, -0.05) is 46.3 Å². The quantitative estimate of drug-likeness (QED) is 0.333. The number of benzene rings is 3. The number of hydrogen-bond acceptors (Lipinski definition) is 4. The van der Waals surface area contributed by atoms with E-state index in [-0.39, 0.29) is 11.7 Å². The number of nitrogens with zero attached hydrogens (tertiary/aromatic N) is 1. The van der Waals surface area contributed by atoms with E-state index in [1.54, 1.807) is 17.4 Å². The molecule has 0 spiro atoms. The fourth-order valence-corrected chi connectivity index (χ4v) is 4.42. The van der Waals surface area contributed by atoms with Gasteiger partial charge in [0.1, 0.15) is 10.6 Å². The van der Waals surface area contributed by atoms with Crippen molar-refractivity contribution in [3.05, 3.63) is 83.0 Å². The Morgan fingerprint density at radius 3 is 2.68 bits per heavy atom. The minimum Gasteiger partial charge on any atom is -0.451 e. The Kier molecular flexibility index (Phi) is 4.22. The highest BCUT2D eigenvalue weighted by Crippen LogP contribution is 2.36. The number of rotatable bonds is 3. The standard InChI is InChI=1S/C22H13BrN2O2S/c23-14-9-10-16(15(12-14)22-25-17-6-2-4-8-20(17)28-22)24-21(26)19-11-13-5-1-3-7-18(13)27-19/h1-12H,(H,24,26). The third-order valence-corrected chi connectivity index (χ3v) is 5.97. The van der Waals surface area contributed by atoms with Crippen LogP contribution in [0.3, 0.4) is 0 Å². The fraction of sp³-hybridized carbons (Fsp3) is 0. The van der Waals surface area contributed by atoms with Crippen molar-refractivity contribution in [2.24, 2.45) is 0 Å². The highest BCUT2D eigenvalue weighted by atomic mass is 79.9. The first kappa shape index (κ1) is 17.2. The molecular weight excluding hydrogens is 436 g/mol. The number of nitrogens with one attached hydrogen (secondary N) is 1. The van der Waals surface area contributed by atoms with Gasteiger partial charge in [-0.3, -0.25) is 4.79 Å². The van der Waals surface area contributed by atoms with Crippen LogP contribution in [0.5, 0.6) is 0 Å². The molecule has 0 saturated heterocycles. The Labute approximate surface area is 173 Å². The molecule has 0 radical (unpaired) electrons. The van der Waals surface area contributed by atoms with Gasteiger partial charge < -0.3 is 9.73 Å². The van der Waals surface area contributed by atoms with Crippen molar-refractivity contribution < 1.29 is 9.21 Å². The summed E-state index contributed by atoms with van der Waals surface area (Å²) in [5.74, 6) is -0.0137. The first-order chi connectivity index (χ1) is 13.7. The molecule has 136 valence electrons. The highest BCUT2D eigenvalue weighted by Gasteiger charge is 2.17. The monoisotopic (exact) mass is 448 g/mol. The van der Waals surface area contributed by atoms with Crippen LogP contribution in [0.15, 0.2) is 81.7 Å². The van der Waals surface area contributed by atoms with Gasteiger partial charge in [-0.25, -0.2) is 4.98 Å². The maximum absolute atomic E-state index is 12.8. The van der Waals surface area contributed by atoms with E-state index in [1.165, 1.54) is 0 Å². The molecule has 0 saturated carbocycles. The summed E-state index contributed by atoms with van der Waals surface area (Å²) < 4.78 is 7.71. The van der Waals surface area contributed by atoms with E-state index in [4.69, 9.17) is 9.40 Å². The summed E-state index contributed by atoms with van der Waals surface area (Å²) >= 11 is 5.11. The van der Waals surface area contributed by atoms with Crippen molar-refractivity contribution in [3.63, 3.8) is 0 Å². The highest BCUT2D eigenvalue weighted by molar-refractivity contribution is 9.10. The zero-order chi connectivity index (χ0) is 19.1. The predicted molar refractivity (Wildman–Crippen MR) is 117 cm³/mol. The Hall–Kier alpha value is -2.96. The summed E-state index contributed by atoms with van der Waals surface area (Å²) in [5.41, 5.74) is 3.18. The van der Waals surface area contributed by atoms with E-state index in [2.05, 4.69) is 21.2 Å². The number of thiazole rings is 1. The van der Waals surface area contributed by atoms with Crippen molar-refractivity contribution in [1.82, 2.24) is 4.98 Å². The minimum atomic E-state index is -0.291. The van der Waals surface area contributed by atoms with Gasteiger partial charge >= 0.3 is 0 Å². The Morgan fingerprint density at radius 2 is 1.82 bits per heavy atom. The Bertz CT molecular complexity index is 1270. The SMILES string of the molecule is O=C(Nc1ccc(Br)cc1-c1nc2ccccc2s1)c1cc2ccccc2o1.